The fourth-order valence-corrected chi connectivity index (χ4v) is 3.38. The number of nitrogens with one attached hydrogen (secondary N) is 3. The first kappa shape index (κ1) is 23.3. The molecule has 7 nitrogen and oxygen atoms in total. The Bertz CT molecular complexity index is 783. The third kappa shape index (κ3) is 7.13. The number of hydrogen-bond acceptors (Lipinski definition) is 4. The van der Waals surface area contributed by atoms with Crippen molar-refractivity contribution in [2.75, 3.05) is 6.54 Å². The van der Waals surface area contributed by atoms with Crippen LogP contribution in [0.15, 0.2) is 36.4 Å². The van der Waals surface area contributed by atoms with Crippen LogP contribution in [0.4, 0.5) is 0 Å². The van der Waals surface area contributed by atoms with Crippen molar-refractivity contribution in [1.82, 2.24) is 16.0 Å². The van der Waals surface area contributed by atoms with Gasteiger partial charge < -0.3 is 20.7 Å². The van der Waals surface area contributed by atoms with Gasteiger partial charge >= 0.3 is 0 Å². The molecule has 3 N–H and O–H groups in total. The Morgan fingerprint density at radius 1 is 1.20 bits per heavy atom. The fraction of sp³-hybridized carbons (Fsp3) is 0.478. The summed E-state index contributed by atoms with van der Waals surface area (Å²) in [6, 6.07) is 7.74. The fourth-order valence-electron chi connectivity index (χ4n) is 3.38. The zero-order chi connectivity index (χ0) is 22.1. The molecule has 1 fully saturated rings. The van der Waals surface area contributed by atoms with E-state index in [0.29, 0.717) is 19.3 Å². The van der Waals surface area contributed by atoms with Crippen molar-refractivity contribution in [3.05, 3.63) is 42.0 Å². The molecular weight excluding hydrogens is 382 g/mol. The molecule has 3 amide bonds. The van der Waals surface area contributed by atoms with E-state index in [-0.39, 0.29) is 18.2 Å². The van der Waals surface area contributed by atoms with Gasteiger partial charge in [0, 0.05) is 18.5 Å². The maximum absolute atomic E-state index is 12.9. The van der Waals surface area contributed by atoms with Gasteiger partial charge in [-0.3, -0.25) is 14.4 Å². The third-order valence-corrected chi connectivity index (χ3v) is 5.07. The Kier molecular flexibility index (Phi) is 8.33. The lowest BCUT2D eigenvalue weighted by Crippen LogP contribution is -2.56. The van der Waals surface area contributed by atoms with Gasteiger partial charge in [-0.1, -0.05) is 51.1 Å². The summed E-state index contributed by atoms with van der Waals surface area (Å²) >= 11 is 0. The van der Waals surface area contributed by atoms with Crippen LogP contribution in [-0.2, 0) is 19.2 Å². The van der Waals surface area contributed by atoms with Crippen molar-refractivity contribution in [3.63, 3.8) is 0 Å². The van der Waals surface area contributed by atoms with Gasteiger partial charge in [0.25, 0.3) is 0 Å². The topological polar surface area (TPSA) is 104 Å². The second kappa shape index (κ2) is 10.7. The van der Waals surface area contributed by atoms with E-state index in [2.05, 4.69) is 16.0 Å². The smallest absolute Gasteiger partial charge is 0.244 e. The molecule has 1 aliphatic rings. The highest BCUT2D eigenvalue weighted by Gasteiger charge is 2.34. The predicted molar refractivity (Wildman–Crippen MR) is 115 cm³/mol. The molecule has 2 rings (SSSR count). The average molecular weight is 414 g/mol. The summed E-state index contributed by atoms with van der Waals surface area (Å²) in [6.07, 6.45) is 5.49. The summed E-state index contributed by atoms with van der Waals surface area (Å²) in [5.74, 6) is -1.24. The molecule has 1 heterocycles. The minimum atomic E-state index is -0.840. The first-order chi connectivity index (χ1) is 14.2. The molecule has 0 spiro atoms. The normalized spacial score (nSPS) is 18.9. The van der Waals surface area contributed by atoms with Crippen molar-refractivity contribution < 1.29 is 19.2 Å². The highest BCUT2D eigenvalue weighted by atomic mass is 16.2. The lowest BCUT2D eigenvalue weighted by atomic mass is 9.85. The van der Waals surface area contributed by atoms with E-state index in [1.807, 2.05) is 51.1 Å². The molecule has 1 saturated heterocycles. The van der Waals surface area contributed by atoms with Crippen LogP contribution in [0.1, 0.15) is 45.6 Å². The number of rotatable bonds is 8. The lowest BCUT2D eigenvalue weighted by molar-refractivity contribution is -0.132. The van der Waals surface area contributed by atoms with Crippen molar-refractivity contribution in [2.45, 2.75) is 52.1 Å². The van der Waals surface area contributed by atoms with Crippen LogP contribution in [0, 0.1) is 11.3 Å². The number of aldehydes is 1. The molecule has 7 heteroatoms. The summed E-state index contributed by atoms with van der Waals surface area (Å²) < 4.78 is 0. The minimum Gasteiger partial charge on any atom is -0.356 e. The van der Waals surface area contributed by atoms with Crippen molar-refractivity contribution in [1.29, 1.82) is 0 Å². The number of carbonyl (C=O) groups excluding carboxylic acids is 4. The first-order valence-electron chi connectivity index (χ1n) is 10.3. The Hall–Kier alpha value is -2.96. The molecule has 162 valence electrons. The largest absolute Gasteiger partial charge is 0.356 e. The molecule has 30 heavy (non-hydrogen) atoms. The van der Waals surface area contributed by atoms with E-state index in [1.165, 1.54) is 6.08 Å². The second-order valence-electron chi connectivity index (χ2n) is 8.67. The highest BCUT2D eigenvalue weighted by molar-refractivity contribution is 5.96. The van der Waals surface area contributed by atoms with Gasteiger partial charge in [0.1, 0.15) is 12.3 Å². The Balaban J connectivity index is 2.01. The van der Waals surface area contributed by atoms with Crippen LogP contribution in [0.2, 0.25) is 0 Å². The molecule has 0 bridgehead atoms. The van der Waals surface area contributed by atoms with Crippen LogP contribution in [0.3, 0.4) is 0 Å². The minimum absolute atomic E-state index is 0.0888. The van der Waals surface area contributed by atoms with Gasteiger partial charge in [-0.05, 0) is 36.3 Å². The average Bonchev–Trinajstić information content (AvgIpc) is 2.71. The van der Waals surface area contributed by atoms with Gasteiger partial charge in [0.05, 0.1) is 6.04 Å². The van der Waals surface area contributed by atoms with Crippen molar-refractivity contribution in [3.8, 4) is 0 Å². The SMILES string of the molecule is CC(C)(C)[C@H](NC(=O)C=Cc1ccccc1)C(=O)N[C@H](C=O)C[C@@H]1CCCNC1=O. The highest BCUT2D eigenvalue weighted by Crippen LogP contribution is 2.21. The maximum Gasteiger partial charge on any atom is 0.244 e. The predicted octanol–water partition coefficient (Wildman–Crippen LogP) is 1.83. The lowest BCUT2D eigenvalue weighted by Gasteiger charge is -2.31. The molecule has 3 atom stereocenters. The van der Waals surface area contributed by atoms with Gasteiger partial charge in [-0.25, -0.2) is 0 Å². The molecule has 0 unspecified atom stereocenters. The zero-order valence-electron chi connectivity index (χ0n) is 17.8. The molecule has 1 aromatic rings. The van der Waals surface area contributed by atoms with E-state index >= 15 is 0 Å². The van der Waals surface area contributed by atoms with E-state index in [0.717, 1.165) is 12.0 Å². The first-order valence-corrected chi connectivity index (χ1v) is 10.3. The Morgan fingerprint density at radius 3 is 2.50 bits per heavy atom. The monoisotopic (exact) mass is 413 g/mol. The summed E-state index contributed by atoms with van der Waals surface area (Å²) in [7, 11) is 0. The van der Waals surface area contributed by atoms with E-state index in [9.17, 15) is 19.2 Å². The maximum atomic E-state index is 12.9. The number of amides is 3. The number of carbonyl (C=O) groups is 4. The molecule has 0 aromatic heterocycles. The zero-order valence-corrected chi connectivity index (χ0v) is 17.8. The number of piperidine rings is 1. The molecule has 0 saturated carbocycles. The standard InChI is InChI=1S/C23H31N3O4/c1-23(2,3)20(26-19(28)12-11-16-8-5-4-6-9-16)22(30)25-18(15-27)14-17-10-7-13-24-21(17)29/h4-6,8-9,11-12,15,17-18,20H,7,10,13-14H2,1-3H3,(H,24,29)(H,25,30)(H,26,28)/t17-,18-,20+/m0/s1. The van der Waals surface area contributed by atoms with E-state index in [1.54, 1.807) is 6.08 Å². The summed E-state index contributed by atoms with van der Waals surface area (Å²) in [4.78, 5) is 48.8. The molecule has 0 aliphatic carbocycles. The molecule has 1 aliphatic heterocycles. The van der Waals surface area contributed by atoms with Crippen LogP contribution in [0.5, 0.6) is 0 Å². The van der Waals surface area contributed by atoms with Gasteiger partial charge in [0.2, 0.25) is 17.7 Å². The summed E-state index contributed by atoms with van der Waals surface area (Å²) in [5.41, 5.74) is 0.298. The quantitative estimate of drug-likeness (QED) is 0.447. The third-order valence-electron chi connectivity index (χ3n) is 5.07. The Labute approximate surface area is 177 Å². The molecular formula is C23H31N3O4. The van der Waals surface area contributed by atoms with E-state index < -0.39 is 29.3 Å². The van der Waals surface area contributed by atoms with Crippen LogP contribution in [0.25, 0.3) is 6.08 Å². The van der Waals surface area contributed by atoms with Crippen molar-refractivity contribution in [2.24, 2.45) is 11.3 Å². The number of benzene rings is 1. The summed E-state index contributed by atoms with van der Waals surface area (Å²) in [6.45, 7) is 6.15. The van der Waals surface area contributed by atoms with Crippen LogP contribution >= 0.6 is 0 Å². The summed E-state index contributed by atoms with van der Waals surface area (Å²) in [5, 5.41) is 8.21. The van der Waals surface area contributed by atoms with Gasteiger partial charge in [0.15, 0.2) is 0 Å². The number of hydrogen-bond donors (Lipinski definition) is 3. The van der Waals surface area contributed by atoms with Crippen LogP contribution < -0.4 is 16.0 Å². The molecule has 1 aromatic carbocycles. The van der Waals surface area contributed by atoms with Gasteiger partial charge in [-0.15, -0.1) is 0 Å². The molecule has 0 radical (unpaired) electrons. The second-order valence-corrected chi connectivity index (χ2v) is 8.67. The van der Waals surface area contributed by atoms with E-state index in [4.69, 9.17) is 0 Å². The van der Waals surface area contributed by atoms with Gasteiger partial charge in [-0.2, -0.15) is 0 Å². The Morgan fingerprint density at radius 2 is 1.90 bits per heavy atom. The van der Waals surface area contributed by atoms with Crippen LogP contribution in [-0.4, -0.2) is 42.6 Å². The van der Waals surface area contributed by atoms with Crippen molar-refractivity contribution >= 4 is 30.1 Å².